The highest BCUT2D eigenvalue weighted by Crippen LogP contribution is 2.30. The zero-order chi connectivity index (χ0) is 17.6. The van der Waals surface area contributed by atoms with E-state index in [9.17, 15) is 4.79 Å². The SMILES string of the molecule is CCCN(C(=O)c1ccc(Oc2ccncc2)c(Cl)c1)[C@@H]1CCNC1. The number of carbonyl (C=O) groups excluding carboxylic acids is 1. The first kappa shape index (κ1) is 17.7. The van der Waals surface area contributed by atoms with E-state index in [1.165, 1.54) is 0 Å². The van der Waals surface area contributed by atoms with Crippen LogP contribution >= 0.6 is 11.6 Å². The second-order valence-corrected chi connectivity index (χ2v) is 6.48. The lowest BCUT2D eigenvalue weighted by atomic mass is 10.1. The highest BCUT2D eigenvalue weighted by Gasteiger charge is 2.27. The fourth-order valence-electron chi connectivity index (χ4n) is 3.01. The Labute approximate surface area is 153 Å². The van der Waals surface area contributed by atoms with Gasteiger partial charge in [-0.3, -0.25) is 9.78 Å². The average Bonchev–Trinajstić information content (AvgIpc) is 3.16. The molecule has 2 aromatic rings. The number of pyridine rings is 1. The van der Waals surface area contributed by atoms with Gasteiger partial charge in [0.1, 0.15) is 11.5 Å². The Bertz CT molecular complexity index is 718. The number of carbonyl (C=O) groups is 1. The van der Waals surface area contributed by atoms with Gasteiger partial charge in [-0.15, -0.1) is 0 Å². The Morgan fingerprint density at radius 2 is 2.16 bits per heavy atom. The molecule has 1 N–H and O–H groups in total. The van der Waals surface area contributed by atoms with E-state index >= 15 is 0 Å². The lowest BCUT2D eigenvalue weighted by Crippen LogP contribution is -2.42. The van der Waals surface area contributed by atoms with Gasteiger partial charge in [0.25, 0.3) is 5.91 Å². The van der Waals surface area contributed by atoms with Gasteiger partial charge in [0, 0.05) is 37.1 Å². The van der Waals surface area contributed by atoms with Crippen molar-refractivity contribution in [3.63, 3.8) is 0 Å². The maximum atomic E-state index is 12.9. The first-order valence-corrected chi connectivity index (χ1v) is 8.96. The molecular weight excluding hydrogens is 338 g/mol. The third kappa shape index (κ3) is 4.30. The first-order chi connectivity index (χ1) is 12.2. The predicted molar refractivity (Wildman–Crippen MR) is 98.4 cm³/mol. The largest absolute Gasteiger partial charge is 0.456 e. The van der Waals surface area contributed by atoms with E-state index in [4.69, 9.17) is 16.3 Å². The van der Waals surface area contributed by atoms with Gasteiger partial charge in [-0.1, -0.05) is 18.5 Å². The number of rotatable bonds is 6. The molecule has 0 spiro atoms. The third-order valence-electron chi connectivity index (χ3n) is 4.26. The molecule has 1 aliphatic heterocycles. The van der Waals surface area contributed by atoms with Crippen molar-refractivity contribution in [2.75, 3.05) is 19.6 Å². The summed E-state index contributed by atoms with van der Waals surface area (Å²) in [5.41, 5.74) is 0.590. The molecule has 0 aliphatic carbocycles. The van der Waals surface area contributed by atoms with Crippen LogP contribution in [0.5, 0.6) is 11.5 Å². The van der Waals surface area contributed by atoms with Crippen molar-refractivity contribution in [2.24, 2.45) is 0 Å². The van der Waals surface area contributed by atoms with Crippen LogP contribution in [0.15, 0.2) is 42.7 Å². The number of halogens is 1. The lowest BCUT2D eigenvalue weighted by molar-refractivity contribution is 0.0692. The number of ether oxygens (including phenoxy) is 1. The second-order valence-electron chi connectivity index (χ2n) is 6.08. The molecule has 1 aliphatic rings. The number of nitrogens with one attached hydrogen (secondary N) is 1. The van der Waals surface area contributed by atoms with Gasteiger partial charge in [-0.2, -0.15) is 0 Å². The van der Waals surface area contributed by atoms with Crippen molar-refractivity contribution in [1.29, 1.82) is 0 Å². The van der Waals surface area contributed by atoms with Crippen LogP contribution in [0.1, 0.15) is 30.1 Å². The minimum atomic E-state index is 0.0212. The van der Waals surface area contributed by atoms with Crippen molar-refractivity contribution < 1.29 is 9.53 Å². The van der Waals surface area contributed by atoms with Crippen LogP contribution in [0.25, 0.3) is 0 Å². The highest BCUT2D eigenvalue weighted by atomic mass is 35.5. The maximum absolute atomic E-state index is 12.9. The van der Waals surface area contributed by atoms with Gasteiger partial charge in [0.05, 0.1) is 5.02 Å². The highest BCUT2D eigenvalue weighted by molar-refractivity contribution is 6.32. The average molecular weight is 360 g/mol. The van der Waals surface area contributed by atoms with Crippen LogP contribution in [-0.4, -0.2) is 41.5 Å². The van der Waals surface area contributed by atoms with Crippen molar-refractivity contribution in [2.45, 2.75) is 25.8 Å². The van der Waals surface area contributed by atoms with Gasteiger partial charge in [0.2, 0.25) is 0 Å². The van der Waals surface area contributed by atoms with E-state index in [1.807, 2.05) is 4.90 Å². The normalized spacial score (nSPS) is 16.6. The molecule has 0 saturated carbocycles. The van der Waals surface area contributed by atoms with Crippen molar-refractivity contribution in [3.8, 4) is 11.5 Å². The van der Waals surface area contributed by atoms with Crippen LogP contribution in [0.2, 0.25) is 5.02 Å². The van der Waals surface area contributed by atoms with Crippen LogP contribution in [0.4, 0.5) is 0 Å². The summed E-state index contributed by atoms with van der Waals surface area (Å²) < 4.78 is 5.74. The molecule has 5 nitrogen and oxygen atoms in total. The molecule has 6 heteroatoms. The Morgan fingerprint density at radius 3 is 2.80 bits per heavy atom. The summed E-state index contributed by atoms with van der Waals surface area (Å²) in [4.78, 5) is 18.8. The van der Waals surface area contributed by atoms with Crippen molar-refractivity contribution >= 4 is 17.5 Å². The van der Waals surface area contributed by atoms with E-state index < -0.39 is 0 Å². The van der Waals surface area contributed by atoms with Crippen LogP contribution in [0.3, 0.4) is 0 Å². The molecule has 0 bridgehead atoms. The van der Waals surface area contributed by atoms with Gasteiger partial charge < -0.3 is 15.0 Å². The smallest absolute Gasteiger partial charge is 0.254 e. The number of hydrogen-bond donors (Lipinski definition) is 1. The molecule has 1 aromatic carbocycles. The minimum Gasteiger partial charge on any atom is -0.456 e. The number of hydrogen-bond acceptors (Lipinski definition) is 4. The topological polar surface area (TPSA) is 54.5 Å². The summed E-state index contributed by atoms with van der Waals surface area (Å²) in [5.74, 6) is 1.20. The zero-order valence-electron chi connectivity index (χ0n) is 14.2. The quantitative estimate of drug-likeness (QED) is 0.853. The fourth-order valence-corrected chi connectivity index (χ4v) is 3.23. The molecule has 3 rings (SSSR count). The molecule has 1 amide bonds. The molecule has 132 valence electrons. The molecular formula is C19H22ClN3O2. The number of benzene rings is 1. The summed E-state index contributed by atoms with van der Waals surface area (Å²) in [7, 11) is 0. The Hall–Kier alpha value is -2.11. The summed E-state index contributed by atoms with van der Waals surface area (Å²) in [6.07, 6.45) is 5.22. The van der Waals surface area contributed by atoms with E-state index in [1.54, 1.807) is 42.7 Å². The first-order valence-electron chi connectivity index (χ1n) is 8.58. The summed E-state index contributed by atoms with van der Waals surface area (Å²) in [5, 5.41) is 3.74. The molecule has 0 unspecified atom stereocenters. The maximum Gasteiger partial charge on any atom is 0.254 e. The summed E-state index contributed by atoms with van der Waals surface area (Å²) in [6, 6.07) is 8.96. The molecule has 1 saturated heterocycles. The van der Waals surface area contributed by atoms with Gasteiger partial charge in [-0.05, 0) is 49.7 Å². The van der Waals surface area contributed by atoms with E-state index in [0.717, 1.165) is 32.5 Å². The van der Waals surface area contributed by atoms with Crippen LogP contribution in [0, 0.1) is 0 Å². The fraction of sp³-hybridized carbons (Fsp3) is 0.368. The lowest BCUT2D eigenvalue weighted by Gasteiger charge is -2.28. The standard InChI is InChI=1S/C19H22ClN3O2/c1-2-11-23(15-5-8-22-13-15)19(24)14-3-4-18(17(20)12-14)25-16-6-9-21-10-7-16/h3-4,6-7,9-10,12,15,22H,2,5,8,11,13H2,1H3/t15-/m1/s1. The Balaban J connectivity index is 1.77. The molecule has 2 heterocycles. The van der Waals surface area contributed by atoms with Gasteiger partial charge in [-0.25, -0.2) is 0 Å². The van der Waals surface area contributed by atoms with Gasteiger partial charge >= 0.3 is 0 Å². The number of nitrogens with zero attached hydrogens (tertiary/aromatic N) is 2. The Morgan fingerprint density at radius 1 is 1.36 bits per heavy atom. The van der Waals surface area contributed by atoms with E-state index in [2.05, 4.69) is 17.2 Å². The minimum absolute atomic E-state index is 0.0212. The van der Waals surface area contributed by atoms with Crippen molar-refractivity contribution in [3.05, 3.63) is 53.3 Å². The third-order valence-corrected chi connectivity index (χ3v) is 4.55. The monoisotopic (exact) mass is 359 g/mol. The van der Waals surface area contributed by atoms with Crippen molar-refractivity contribution in [1.82, 2.24) is 15.2 Å². The molecule has 1 fully saturated rings. The molecule has 1 atom stereocenters. The van der Waals surface area contributed by atoms with E-state index in [0.29, 0.717) is 22.1 Å². The van der Waals surface area contributed by atoms with Gasteiger partial charge in [0.15, 0.2) is 0 Å². The zero-order valence-corrected chi connectivity index (χ0v) is 15.0. The molecule has 1 aromatic heterocycles. The summed E-state index contributed by atoms with van der Waals surface area (Å²) in [6.45, 7) is 4.64. The second kappa shape index (κ2) is 8.32. The predicted octanol–water partition coefficient (Wildman–Crippen LogP) is 3.74. The summed E-state index contributed by atoms with van der Waals surface area (Å²) >= 11 is 6.34. The van der Waals surface area contributed by atoms with Crippen LogP contribution < -0.4 is 10.1 Å². The number of aromatic nitrogens is 1. The van der Waals surface area contributed by atoms with E-state index in [-0.39, 0.29) is 11.9 Å². The Kier molecular flexibility index (Phi) is 5.89. The molecule has 0 radical (unpaired) electrons. The molecule has 25 heavy (non-hydrogen) atoms. The van der Waals surface area contributed by atoms with Crippen LogP contribution in [-0.2, 0) is 0 Å². The number of amides is 1.